The molecule has 0 aromatic heterocycles. The van der Waals surface area contributed by atoms with Crippen LogP contribution in [0.15, 0.2) is 60.7 Å². The minimum atomic E-state index is -0.328. The van der Waals surface area contributed by atoms with Crippen LogP contribution in [-0.2, 0) is 31.9 Å². The molecule has 6 nitrogen and oxygen atoms in total. The second-order valence-electron chi connectivity index (χ2n) is 7.53. The highest BCUT2D eigenvalue weighted by Gasteiger charge is 2.34. The van der Waals surface area contributed by atoms with Gasteiger partial charge in [0.2, 0.25) is 0 Å². The van der Waals surface area contributed by atoms with Gasteiger partial charge in [0, 0.05) is 26.2 Å². The molecule has 0 spiro atoms. The summed E-state index contributed by atoms with van der Waals surface area (Å²) in [6, 6.07) is 19.3. The van der Waals surface area contributed by atoms with E-state index in [4.69, 9.17) is 9.47 Å². The molecule has 0 radical (unpaired) electrons. The first kappa shape index (κ1) is 22.0. The fraction of sp³-hybridized carbons (Fsp3) is 0.417. The number of hydrogen-bond acceptors (Lipinski definition) is 6. The smallest absolute Gasteiger partial charge is 0.323 e. The van der Waals surface area contributed by atoms with Gasteiger partial charge in [0.1, 0.15) is 12.1 Å². The molecule has 2 atom stereocenters. The summed E-state index contributed by atoms with van der Waals surface area (Å²) in [5.74, 6) is -0.442. The molecule has 30 heavy (non-hydrogen) atoms. The summed E-state index contributed by atoms with van der Waals surface area (Å²) < 4.78 is 10.2. The van der Waals surface area contributed by atoms with Crippen molar-refractivity contribution in [3.63, 3.8) is 0 Å². The molecule has 0 unspecified atom stereocenters. The maximum atomic E-state index is 12.5. The first-order valence-corrected chi connectivity index (χ1v) is 10.3. The van der Waals surface area contributed by atoms with Crippen molar-refractivity contribution >= 4 is 11.9 Å². The molecule has 0 N–H and O–H groups in total. The van der Waals surface area contributed by atoms with Gasteiger partial charge >= 0.3 is 11.9 Å². The Bertz CT molecular complexity index is 735. The largest absolute Gasteiger partial charge is 0.468 e. The standard InChI is InChI=1S/C24H30N2O4/c1-29-23(27)21(17-19-9-5-3-6-10-19)25-13-15-26(16-14-25)22(24(28)30-2)18-20-11-7-4-8-12-20/h3-12,21-22H,13-18H2,1-2H3/t21-,22-/m0/s1. The van der Waals surface area contributed by atoms with Crippen LogP contribution in [0.1, 0.15) is 11.1 Å². The first-order valence-electron chi connectivity index (χ1n) is 10.3. The Hall–Kier alpha value is -2.70. The summed E-state index contributed by atoms with van der Waals surface area (Å²) in [4.78, 5) is 29.3. The molecule has 1 saturated heterocycles. The summed E-state index contributed by atoms with van der Waals surface area (Å²) >= 11 is 0. The zero-order valence-corrected chi connectivity index (χ0v) is 17.7. The van der Waals surface area contributed by atoms with E-state index in [1.54, 1.807) is 0 Å². The van der Waals surface area contributed by atoms with E-state index >= 15 is 0 Å². The van der Waals surface area contributed by atoms with Crippen LogP contribution < -0.4 is 0 Å². The monoisotopic (exact) mass is 410 g/mol. The van der Waals surface area contributed by atoms with E-state index in [1.165, 1.54) is 14.2 Å². The van der Waals surface area contributed by atoms with Crippen LogP contribution in [0.25, 0.3) is 0 Å². The fourth-order valence-corrected chi connectivity index (χ4v) is 4.03. The molecule has 0 bridgehead atoms. The summed E-state index contributed by atoms with van der Waals surface area (Å²) in [6.07, 6.45) is 1.22. The molecule has 2 aromatic rings. The van der Waals surface area contributed by atoms with Crippen molar-refractivity contribution < 1.29 is 19.1 Å². The number of hydrogen-bond donors (Lipinski definition) is 0. The Morgan fingerprint density at radius 3 is 1.33 bits per heavy atom. The molecule has 1 fully saturated rings. The molecule has 0 saturated carbocycles. The van der Waals surface area contributed by atoms with Gasteiger partial charge in [-0.05, 0) is 24.0 Å². The summed E-state index contributed by atoms with van der Waals surface area (Å²) in [5, 5.41) is 0. The minimum Gasteiger partial charge on any atom is -0.468 e. The second kappa shape index (κ2) is 10.9. The van der Waals surface area contributed by atoms with E-state index in [9.17, 15) is 9.59 Å². The lowest BCUT2D eigenvalue weighted by molar-refractivity contribution is -0.151. The molecule has 1 aliphatic rings. The number of benzene rings is 2. The molecule has 160 valence electrons. The first-order chi connectivity index (χ1) is 14.6. The SMILES string of the molecule is COC(=O)[C@H](Cc1ccccc1)N1CCN([C@@H](Cc2ccccc2)C(=O)OC)CC1. The van der Waals surface area contributed by atoms with E-state index in [2.05, 4.69) is 9.80 Å². The molecule has 3 rings (SSSR count). The Morgan fingerprint density at radius 2 is 1.03 bits per heavy atom. The quantitative estimate of drug-likeness (QED) is 0.622. The van der Waals surface area contributed by atoms with Gasteiger partial charge in [-0.2, -0.15) is 0 Å². The highest BCUT2D eigenvalue weighted by Crippen LogP contribution is 2.17. The topological polar surface area (TPSA) is 59.1 Å². The van der Waals surface area contributed by atoms with Gasteiger partial charge in [-0.1, -0.05) is 60.7 Å². The number of piperazine rings is 1. The normalized spacial score (nSPS) is 17.1. The Kier molecular flexibility index (Phi) is 7.99. The molecule has 1 aliphatic heterocycles. The van der Waals surface area contributed by atoms with Crippen molar-refractivity contribution in [3.8, 4) is 0 Å². The van der Waals surface area contributed by atoms with Crippen molar-refractivity contribution in [2.24, 2.45) is 0 Å². The number of carbonyl (C=O) groups is 2. The average Bonchev–Trinajstić information content (AvgIpc) is 2.81. The minimum absolute atomic E-state index is 0.221. The van der Waals surface area contributed by atoms with Gasteiger partial charge < -0.3 is 9.47 Å². The number of methoxy groups -OCH3 is 2. The van der Waals surface area contributed by atoms with Crippen LogP contribution in [-0.4, -0.2) is 74.2 Å². The van der Waals surface area contributed by atoms with Crippen LogP contribution in [0.4, 0.5) is 0 Å². The fourth-order valence-electron chi connectivity index (χ4n) is 4.03. The van der Waals surface area contributed by atoms with Gasteiger partial charge in [-0.3, -0.25) is 19.4 Å². The van der Waals surface area contributed by atoms with E-state index in [0.717, 1.165) is 11.1 Å². The average molecular weight is 411 g/mol. The number of nitrogens with zero attached hydrogens (tertiary/aromatic N) is 2. The van der Waals surface area contributed by atoms with Crippen LogP contribution in [0, 0.1) is 0 Å². The maximum Gasteiger partial charge on any atom is 0.323 e. The zero-order valence-electron chi connectivity index (χ0n) is 17.7. The second-order valence-corrected chi connectivity index (χ2v) is 7.53. The van der Waals surface area contributed by atoms with Crippen LogP contribution in [0.3, 0.4) is 0 Å². The molecular formula is C24H30N2O4. The number of carbonyl (C=O) groups excluding carboxylic acids is 2. The number of esters is 2. The van der Waals surface area contributed by atoms with Gasteiger partial charge in [0.05, 0.1) is 14.2 Å². The van der Waals surface area contributed by atoms with Gasteiger partial charge in [-0.15, -0.1) is 0 Å². The van der Waals surface area contributed by atoms with Gasteiger partial charge in [0.15, 0.2) is 0 Å². The molecule has 6 heteroatoms. The van der Waals surface area contributed by atoms with E-state index < -0.39 is 0 Å². The number of ether oxygens (including phenoxy) is 2. The molecule has 1 heterocycles. The zero-order chi connectivity index (χ0) is 21.3. The Morgan fingerprint density at radius 1 is 0.700 bits per heavy atom. The van der Waals surface area contributed by atoms with Crippen molar-refractivity contribution in [3.05, 3.63) is 71.8 Å². The lowest BCUT2D eigenvalue weighted by Crippen LogP contribution is -2.57. The predicted octanol–water partition coefficient (Wildman–Crippen LogP) is 2.17. The van der Waals surface area contributed by atoms with Gasteiger partial charge in [-0.25, -0.2) is 0 Å². The summed E-state index contributed by atoms with van der Waals surface area (Å²) in [7, 11) is 2.87. The number of rotatable bonds is 8. The third kappa shape index (κ3) is 5.68. The third-order valence-electron chi connectivity index (χ3n) is 5.72. The summed E-state index contributed by atoms with van der Waals surface area (Å²) in [5.41, 5.74) is 2.21. The van der Waals surface area contributed by atoms with Crippen LogP contribution in [0.2, 0.25) is 0 Å². The van der Waals surface area contributed by atoms with E-state index in [1.807, 2.05) is 60.7 Å². The van der Waals surface area contributed by atoms with Crippen LogP contribution >= 0.6 is 0 Å². The molecule has 0 aliphatic carbocycles. The maximum absolute atomic E-state index is 12.5. The lowest BCUT2D eigenvalue weighted by Gasteiger charge is -2.40. The molecular weight excluding hydrogens is 380 g/mol. The lowest BCUT2D eigenvalue weighted by atomic mass is 10.0. The van der Waals surface area contributed by atoms with Crippen molar-refractivity contribution in [2.75, 3.05) is 40.4 Å². The molecule has 0 amide bonds. The Labute approximate surface area is 178 Å². The van der Waals surface area contributed by atoms with Crippen molar-refractivity contribution in [2.45, 2.75) is 24.9 Å². The van der Waals surface area contributed by atoms with E-state index in [0.29, 0.717) is 39.0 Å². The molecule has 2 aromatic carbocycles. The van der Waals surface area contributed by atoms with E-state index in [-0.39, 0.29) is 24.0 Å². The third-order valence-corrected chi connectivity index (χ3v) is 5.72. The van der Waals surface area contributed by atoms with Crippen molar-refractivity contribution in [1.82, 2.24) is 9.80 Å². The highest BCUT2D eigenvalue weighted by molar-refractivity contribution is 5.77. The van der Waals surface area contributed by atoms with Crippen molar-refractivity contribution in [1.29, 1.82) is 0 Å². The highest BCUT2D eigenvalue weighted by atomic mass is 16.5. The van der Waals surface area contributed by atoms with Crippen LogP contribution in [0.5, 0.6) is 0 Å². The summed E-state index contributed by atoms with van der Waals surface area (Å²) in [6.45, 7) is 2.76. The predicted molar refractivity (Wildman–Crippen MR) is 115 cm³/mol. The van der Waals surface area contributed by atoms with Gasteiger partial charge in [0.25, 0.3) is 0 Å². The Balaban J connectivity index is 1.66.